The summed E-state index contributed by atoms with van der Waals surface area (Å²) in [4.78, 5) is 22.9. The molecule has 1 aliphatic heterocycles. The van der Waals surface area contributed by atoms with Crippen LogP contribution in [0.2, 0.25) is 0 Å². The number of rotatable bonds is 3. The van der Waals surface area contributed by atoms with Crippen LogP contribution in [0.3, 0.4) is 0 Å². The number of aliphatic carboxylic acids is 1. The lowest BCUT2D eigenvalue weighted by Gasteiger charge is -2.32. The van der Waals surface area contributed by atoms with Gasteiger partial charge >= 0.3 is 5.97 Å². The van der Waals surface area contributed by atoms with Gasteiger partial charge < -0.3 is 20.9 Å². The van der Waals surface area contributed by atoms with E-state index in [1.807, 2.05) is 0 Å². The van der Waals surface area contributed by atoms with E-state index in [1.165, 1.54) is 0 Å². The standard InChI is InChI=1S/C13H16N2O4/c1-13(2)12(18)15-9-5-7(3-4-10(9)19-13)8(6-14)11(16)17/h3-5,8H,6,14H2,1-2H3,(H,15,18)(H,16,17). The maximum absolute atomic E-state index is 11.8. The first-order valence-corrected chi connectivity index (χ1v) is 5.92. The van der Waals surface area contributed by atoms with Crippen molar-refractivity contribution in [2.45, 2.75) is 25.4 Å². The Morgan fingerprint density at radius 1 is 1.53 bits per heavy atom. The van der Waals surface area contributed by atoms with E-state index in [2.05, 4.69) is 5.32 Å². The fraction of sp³-hybridized carbons (Fsp3) is 0.385. The summed E-state index contributed by atoms with van der Waals surface area (Å²) in [5.41, 5.74) is 5.53. The number of amides is 1. The van der Waals surface area contributed by atoms with Crippen LogP contribution >= 0.6 is 0 Å². The van der Waals surface area contributed by atoms with Crippen molar-refractivity contribution in [3.8, 4) is 5.75 Å². The fourth-order valence-electron chi connectivity index (χ4n) is 1.92. The molecule has 6 heteroatoms. The van der Waals surface area contributed by atoms with Crippen LogP contribution in [-0.4, -0.2) is 29.1 Å². The number of carbonyl (C=O) groups excluding carboxylic acids is 1. The zero-order valence-electron chi connectivity index (χ0n) is 10.8. The molecular formula is C13H16N2O4. The Bertz CT molecular complexity index is 539. The number of carbonyl (C=O) groups is 2. The van der Waals surface area contributed by atoms with Gasteiger partial charge in [0.25, 0.3) is 5.91 Å². The summed E-state index contributed by atoms with van der Waals surface area (Å²) in [6.07, 6.45) is 0. The number of hydrogen-bond donors (Lipinski definition) is 3. The molecule has 19 heavy (non-hydrogen) atoms. The van der Waals surface area contributed by atoms with Crippen molar-refractivity contribution in [3.05, 3.63) is 23.8 Å². The lowest BCUT2D eigenvalue weighted by atomic mass is 9.97. The largest absolute Gasteiger partial charge is 0.481 e. The lowest BCUT2D eigenvalue weighted by molar-refractivity contribution is -0.138. The van der Waals surface area contributed by atoms with Crippen molar-refractivity contribution < 1.29 is 19.4 Å². The first-order chi connectivity index (χ1) is 8.85. The monoisotopic (exact) mass is 264 g/mol. The van der Waals surface area contributed by atoms with E-state index < -0.39 is 17.5 Å². The molecule has 1 unspecified atom stereocenters. The van der Waals surface area contributed by atoms with Gasteiger partial charge in [-0.1, -0.05) is 6.07 Å². The second-order valence-corrected chi connectivity index (χ2v) is 4.95. The van der Waals surface area contributed by atoms with E-state index in [0.717, 1.165) is 0 Å². The van der Waals surface area contributed by atoms with E-state index >= 15 is 0 Å². The number of carboxylic acid groups (broad SMARTS) is 1. The first-order valence-electron chi connectivity index (χ1n) is 5.92. The normalized spacial score (nSPS) is 17.9. The number of nitrogens with two attached hydrogens (primary N) is 1. The molecule has 1 aliphatic rings. The van der Waals surface area contributed by atoms with Gasteiger partial charge in [-0.05, 0) is 31.5 Å². The molecule has 0 aromatic heterocycles. The summed E-state index contributed by atoms with van der Waals surface area (Å²) in [6, 6.07) is 4.89. The topological polar surface area (TPSA) is 102 Å². The van der Waals surface area contributed by atoms with Crippen molar-refractivity contribution in [1.82, 2.24) is 0 Å². The predicted molar refractivity (Wildman–Crippen MR) is 69.2 cm³/mol. The molecule has 0 saturated carbocycles. The Morgan fingerprint density at radius 3 is 2.79 bits per heavy atom. The molecule has 0 saturated heterocycles. The van der Waals surface area contributed by atoms with Crippen molar-refractivity contribution >= 4 is 17.6 Å². The third-order valence-corrected chi connectivity index (χ3v) is 3.10. The molecule has 1 atom stereocenters. The van der Waals surface area contributed by atoms with Crippen LogP contribution < -0.4 is 15.8 Å². The predicted octanol–water partition coefficient (Wildman–Crippen LogP) is 0.923. The summed E-state index contributed by atoms with van der Waals surface area (Å²) >= 11 is 0. The van der Waals surface area contributed by atoms with Crippen molar-refractivity contribution in [3.63, 3.8) is 0 Å². The van der Waals surface area contributed by atoms with Crippen LogP contribution in [0.4, 0.5) is 5.69 Å². The van der Waals surface area contributed by atoms with Crippen LogP contribution in [0, 0.1) is 0 Å². The van der Waals surface area contributed by atoms with Gasteiger partial charge in [0.05, 0.1) is 11.6 Å². The van der Waals surface area contributed by atoms with Crippen LogP contribution in [0.15, 0.2) is 18.2 Å². The van der Waals surface area contributed by atoms with Gasteiger partial charge in [-0.15, -0.1) is 0 Å². The third kappa shape index (κ3) is 2.39. The summed E-state index contributed by atoms with van der Waals surface area (Å²) < 4.78 is 5.57. The van der Waals surface area contributed by atoms with Gasteiger partial charge in [0.2, 0.25) is 0 Å². The second-order valence-electron chi connectivity index (χ2n) is 4.95. The number of fused-ring (bicyclic) bond motifs is 1. The van der Waals surface area contributed by atoms with E-state index in [-0.39, 0.29) is 12.5 Å². The molecule has 1 amide bonds. The quantitative estimate of drug-likeness (QED) is 0.753. The van der Waals surface area contributed by atoms with Crippen molar-refractivity contribution in [2.24, 2.45) is 5.73 Å². The fourth-order valence-corrected chi connectivity index (χ4v) is 1.92. The van der Waals surface area contributed by atoms with Gasteiger partial charge in [0.1, 0.15) is 5.75 Å². The Labute approximate surface area is 110 Å². The Kier molecular flexibility index (Phi) is 3.20. The molecule has 1 heterocycles. The summed E-state index contributed by atoms with van der Waals surface area (Å²) in [7, 11) is 0. The van der Waals surface area contributed by atoms with Gasteiger partial charge in [-0.3, -0.25) is 9.59 Å². The third-order valence-electron chi connectivity index (χ3n) is 3.10. The number of anilines is 1. The average Bonchev–Trinajstić information content (AvgIpc) is 2.31. The summed E-state index contributed by atoms with van der Waals surface area (Å²) in [5.74, 6) is -1.53. The molecule has 1 aromatic carbocycles. The number of nitrogens with one attached hydrogen (secondary N) is 1. The number of benzene rings is 1. The summed E-state index contributed by atoms with van der Waals surface area (Å²) in [6.45, 7) is 3.33. The van der Waals surface area contributed by atoms with Crippen LogP contribution in [-0.2, 0) is 9.59 Å². The first kappa shape index (κ1) is 13.4. The minimum absolute atomic E-state index is 0.00554. The smallest absolute Gasteiger partial charge is 0.312 e. The van der Waals surface area contributed by atoms with Crippen LogP contribution in [0.25, 0.3) is 0 Å². The molecule has 6 nitrogen and oxygen atoms in total. The maximum Gasteiger partial charge on any atom is 0.312 e. The van der Waals surface area contributed by atoms with Crippen molar-refractivity contribution in [1.29, 1.82) is 0 Å². The SMILES string of the molecule is CC1(C)Oc2ccc(C(CN)C(=O)O)cc2NC1=O. The molecule has 2 rings (SSSR count). The van der Waals surface area contributed by atoms with Gasteiger partial charge in [-0.25, -0.2) is 0 Å². The Hall–Kier alpha value is -2.08. The average molecular weight is 264 g/mol. The second kappa shape index (κ2) is 4.55. The molecule has 4 N–H and O–H groups in total. The molecule has 102 valence electrons. The number of carboxylic acids is 1. The van der Waals surface area contributed by atoms with E-state index in [1.54, 1.807) is 32.0 Å². The van der Waals surface area contributed by atoms with Crippen LogP contribution in [0.5, 0.6) is 5.75 Å². The molecule has 0 spiro atoms. The van der Waals surface area contributed by atoms with Crippen LogP contribution in [0.1, 0.15) is 25.3 Å². The zero-order chi connectivity index (χ0) is 14.2. The molecule has 0 fully saturated rings. The van der Waals surface area contributed by atoms with Gasteiger partial charge in [-0.2, -0.15) is 0 Å². The van der Waals surface area contributed by atoms with Crippen molar-refractivity contribution in [2.75, 3.05) is 11.9 Å². The highest BCUT2D eigenvalue weighted by Gasteiger charge is 2.35. The number of ether oxygens (including phenoxy) is 1. The molecule has 0 bridgehead atoms. The molecule has 1 aromatic rings. The highest BCUT2D eigenvalue weighted by molar-refractivity contribution is 6.00. The zero-order valence-corrected chi connectivity index (χ0v) is 10.8. The lowest BCUT2D eigenvalue weighted by Crippen LogP contribution is -2.45. The minimum Gasteiger partial charge on any atom is -0.481 e. The number of hydrogen-bond acceptors (Lipinski definition) is 4. The van der Waals surface area contributed by atoms with E-state index in [0.29, 0.717) is 17.0 Å². The molecule has 0 radical (unpaired) electrons. The van der Waals surface area contributed by atoms with E-state index in [4.69, 9.17) is 15.6 Å². The molecular weight excluding hydrogens is 248 g/mol. The minimum atomic E-state index is -0.995. The maximum atomic E-state index is 11.8. The van der Waals surface area contributed by atoms with Gasteiger partial charge in [0, 0.05) is 6.54 Å². The highest BCUT2D eigenvalue weighted by Crippen LogP contribution is 2.35. The highest BCUT2D eigenvalue weighted by atomic mass is 16.5. The Morgan fingerprint density at radius 2 is 2.21 bits per heavy atom. The van der Waals surface area contributed by atoms with E-state index in [9.17, 15) is 9.59 Å². The van der Waals surface area contributed by atoms with Gasteiger partial charge in [0.15, 0.2) is 5.60 Å². The summed E-state index contributed by atoms with van der Waals surface area (Å²) in [5, 5.41) is 11.8. The molecule has 0 aliphatic carbocycles. The Balaban J connectivity index is 2.38.